The maximum absolute atomic E-state index is 12.9. The lowest BCUT2D eigenvalue weighted by atomic mass is 9.96. The van der Waals surface area contributed by atoms with Crippen LogP contribution in [0.4, 0.5) is 0 Å². The Morgan fingerprint density at radius 3 is 1.12 bits per heavy atom. The first-order chi connectivity index (χ1) is 25.5. The van der Waals surface area contributed by atoms with Crippen LogP contribution in [0.1, 0.15) is 167 Å². The lowest BCUT2D eigenvalue weighted by molar-refractivity contribution is -0.146. The number of unbranched alkanes of at least 4 members (excludes halogenated alkanes) is 12. The van der Waals surface area contributed by atoms with Crippen molar-refractivity contribution in [1.82, 2.24) is 9.80 Å². The molecule has 0 saturated carbocycles. The SMILES string of the molecule is CCCCCCCN(CCCCC)CCCC(=O)OCc1ccccc1-c1ccccc1COC(=O)CCCN(CCCCC)CCCCCCC. The van der Waals surface area contributed by atoms with E-state index in [1.807, 2.05) is 36.4 Å². The summed E-state index contributed by atoms with van der Waals surface area (Å²) in [6, 6.07) is 16.2. The molecule has 0 aliphatic carbocycles. The van der Waals surface area contributed by atoms with Gasteiger partial charge in [0.25, 0.3) is 0 Å². The van der Waals surface area contributed by atoms with Gasteiger partial charge >= 0.3 is 11.9 Å². The molecular formula is C46H76N2O4. The summed E-state index contributed by atoms with van der Waals surface area (Å²) in [5.41, 5.74) is 3.93. The zero-order valence-electron chi connectivity index (χ0n) is 33.9. The molecule has 0 radical (unpaired) electrons. The van der Waals surface area contributed by atoms with Crippen molar-refractivity contribution in [3.8, 4) is 11.1 Å². The zero-order chi connectivity index (χ0) is 37.5. The van der Waals surface area contributed by atoms with Crippen LogP contribution in [0.3, 0.4) is 0 Å². The molecule has 0 atom stereocenters. The summed E-state index contributed by atoms with van der Waals surface area (Å²) in [6.07, 6.45) is 22.8. The Morgan fingerprint density at radius 1 is 0.423 bits per heavy atom. The first-order valence-electron chi connectivity index (χ1n) is 21.4. The number of rotatable bonds is 33. The van der Waals surface area contributed by atoms with Gasteiger partial charge in [-0.05, 0) is 100 Å². The number of carbonyl (C=O) groups is 2. The van der Waals surface area contributed by atoms with E-state index in [-0.39, 0.29) is 25.2 Å². The van der Waals surface area contributed by atoms with Crippen molar-refractivity contribution in [1.29, 1.82) is 0 Å². The molecule has 0 spiro atoms. The van der Waals surface area contributed by atoms with Gasteiger partial charge in [-0.1, -0.05) is 153 Å². The lowest BCUT2D eigenvalue weighted by Crippen LogP contribution is -2.28. The summed E-state index contributed by atoms with van der Waals surface area (Å²) in [6.45, 7) is 15.9. The number of carbonyl (C=O) groups excluding carboxylic acids is 2. The Bertz CT molecular complexity index is 1090. The molecule has 2 rings (SSSR count). The molecule has 6 nitrogen and oxygen atoms in total. The Hall–Kier alpha value is -2.70. The molecule has 0 unspecified atom stereocenters. The molecular weight excluding hydrogens is 645 g/mol. The average Bonchev–Trinajstić information content (AvgIpc) is 3.16. The van der Waals surface area contributed by atoms with E-state index >= 15 is 0 Å². The van der Waals surface area contributed by atoms with Gasteiger partial charge in [-0.3, -0.25) is 9.59 Å². The molecule has 0 N–H and O–H groups in total. The van der Waals surface area contributed by atoms with Crippen LogP contribution in [0.2, 0.25) is 0 Å². The third-order valence-electron chi connectivity index (χ3n) is 10.1. The molecule has 6 heteroatoms. The third-order valence-corrected chi connectivity index (χ3v) is 10.1. The van der Waals surface area contributed by atoms with E-state index in [4.69, 9.17) is 9.47 Å². The molecule has 2 aromatic rings. The standard InChI is InChI=1S/C46H76N2O4/c1-5-9-13-15-23-35-47(33-21-11-7-3)37-25-31-45(49)51-39-41-27-17-19-29-43(41)44-30-20-18-28-42(44)40-52-46(50)32-26-38-48(34-22-12-8-4)36-24-16-14-10-6-2/h17-20,27-30H,5-16,21-26,31-40H2,1-4H3. The third kappa shape index (κ3) is 21.1. The van der Waals surface area contributed by atoms with Gasteiger partial charge < -0.3 is 19.3 Å². The van der Waals surface area contributed by atoms with Crippen LogP contribution in [0.25, 0.3) is 11.1 Å². The van der Waals surface area contributed by atoms with E-state index in [9.17, 15) is 9.59 Å². The first kappa shape index (κ1) is 45.5. The van der Waals surface area contributed by atoms with Crippen LogP contribution in [-0.4, -0.2) is 61.0 Å². The van der Waals surface area contributed by atoms with E-state index < -0.39 is 0 Å². The van der Waals surface area contributed by atoms with Gasteiger partial charge in [-0.25, -0.2) is 0 Å². The lowest BCUT2D eigenvalue weighted by Gasteiger charge is -2.22. The van der Waals surface area contributed by atoms with Gasteiger partial charge in [-0.2, -0.15) is 0 Å². The predicted octanol–water partition coefficient (Wildman–Crippen LogP) is 11.9. The van der Waals surface area contributed by atoms with E-state index in [1.54, 1.807) is 0 Å². The molecule has 0 bridgehead atoms. The van der Waals surface area contributed by atoms with Crippen molar-refractivity contribution in [2.24, 2.45) is 0 Å². The summed E-state index contributed by atoms with van der Waals surface area (Å²) in [7, 11) is 0. The van der Waals surface area contributed by atoms with Crippen LogP contribution in [0, 0.1) is 0 Å². The van der Waals surface area contributed by atoms with Crippen molar-refractivity contribution < 1.29 is 19.1 Å². The highest BCUT2D eigenvalue weighted by atomic mass is 16.5. The van der Waals surface area contributed by atoms with Crippen molar-refractivity contribution >= 4 is 11.9 Å². The fourth-order valence-corrected chi connectivity index (χ4v) is 6.89. The molecule has 0 amide bonds. The van der Waals surface area contributed by atoms with Gasteiger partial charge in [-0.15, -0.1) is 0 Å². The fourth-order valence-electron chi connectivity index (χ4n) is 6.89. The molecule has 0 fully saturated rings. The van der Waals surface area contributed by atoms with Crippen molar-refractivity contribution in [3.63, 3.8) is 0 Å². The van der Waals surface area contributed by atoms with Gasteiger partial charge in [0.1, 0.15) is 13.2 Å². The summed E-state index contributed by atoms with van der Waals surface area (Å²) < 4.78 is 11.6. The van der Waals surface area contributed by atoms with E-state index in [0.717, 1.165) is 74.4 Å². The van der Waals surface area contributed by atoms with Crippen LogP contribution < -0.4 is 0 Å². The van der Waals surface area contributed by atoms with E-state index in [0.29, 0.717) is 12.8 Å². The number of hydrogen-bond donors (Lipinski definition) is 0. The quantitative estimate of drug-likeness (QED) is 0.0540. The Labute approximate surface area is 319 Å². The van der Waals surface area contributed by atoms with Crippen molar-refractivity contribution in [3.05, 3.63) is 59.7 Å². The van der Waals surface area contributed by atoms with Crippen molar-refractivity contribution in [2.75, 3.05) is 39.3 Å². The largest absolute Gasteiger partial charge is 0.461 e. The minimum Gasteiger partial charge on any atom is -0.461 e. The summed E-state index contributed by atoms with van der Waals surface area (Å²) in [4.78, 5) is 30.8. The monoisotopic (exact) mass is 721 g/mol. The summed E-state index contributed by atoms with van der Waals surface area (Å²) in [5.74, 6) is -0.289. The molecule has 0 aromatic heterocycles. The van der Waals surface area contributed by atoms with Crippen LogP contribution >= 0.6 is 0 Å². The first-order valence-corrected chi connectivity index (χ1v) is 21.4. The highest BCUT2D eigenvalue weighted by molar-refractivity contribution is 5.73. The molecule has 0 aliphatic rings. The number of hydrogen-bond acceptors (Lipinski definition) is 6. The smallest absolute Gasteiger partial charge is 0.306 e. The molecule has 294 valence electrons. The van der Waals surface area contributed by atoms with E-state index in [1.165, 1.54) is 103 Å². The van der Waals surface area contributed by atoms with E-state index in [2.05, 4.69) is 49.6 Å². The number of esters is 2. The number of benzene rings is 2. The predicted molar refractivity (Wildman–Crippen MR) is 219 cm³/mol. The molecule has 52 heavy (non-hydrogen) atoms. The second kappa shape index (κ2) is 30.7. The average molecular weight is 721 g/mol. The normalized spacial score (nSPS) is 11.4. The molecule has 0 aliphatic heterocycles. The summed E-state index contributed by atoms with van der Waals surface area (Å²) >= 11 is 0. The van der Waals surface area contributed by atoms with Crippen LogP contribution in [-0.2, 0) is 32.3 Å². The summed E-state index contributed by atoms with van der Waals surface area (Å²) in [5, 5.41) is 0. The fraction of sp³-hybridized carbons (Fsp3) is 0.696. The number of nitrogens with zero attached hydrogens (tertiary/aromatic N) is 2. The maximum Gasteiger partial charge on any atom is 0.306 e. The van der Waals surface area contributed by atoms with Crippen molar-refractivity contribution in [2.45, 2.75) is 169 Å². The molecule has 0 heterocycles. The maximum atomic E-state index is 12.9. The van der Waals surface area contributed by atoms with Gasteiger partial charge in [0.2, 0.25) is 0 Å². The van der Waals surface area contributed by atoms with Gasteiger partial charge in [0.05, 0.1) is 0 Å². The van der Waals surface area contributed by atoms with Crippen LogP contribution in [0.5, 0.6) is 0 Å². The second-order valence-corrected chi connectivity index (χ2v) is 14.8. The molecule has 2 aromatic carbocycles. The number of ether oxygens (including phenoxy) is 2. The molecule has 0 saturated heterocycles. The zero-order valence-corrected chi connectivity index (χ0v) is 33.9. The van der Waals surface area contributed by atoms with Gasteiger partial charge in [0.15, 0.2) is 0 Å². The van der Waals surface area contributed by atoms with Crippen LogP contribution in [0.15, 0.2) is 48.5 Å². The Balaban J connectivity index is 1.86. The minimum absolute atomic E-state index is 0.145. The minimum atomic E-state index is -0.145. The van der Waals surface area contributed by atoms with Gasteiger partial charge in [0, 0.05) is 12.8 Å². The second-order valence-electron chi connectivity index (χ2n) is 14.8. The highest BCUT2D eigenvalue weighted by Crippen LogP contribution is 2.28. The Kier molecular flexibility index (Phi) is 26.9. The highest BCUT2D eigenvalue weighted by Gasteiger charge is 2.14. The topological polar surface area (TPSA) is 59.1 Å². The Morgan fingerprint density at radius 2 is 0.731 bits per heavy atom.